The normalized spacial score (nSPS) is 12.4. The molecule has 0 fully saturated rings. The molecular weight excluding hydrogens is 328 g/mol. The van der Waals surface area contributed by atoms with Crippen LogP contribution in [0.1, 0.15) is 134 Å². The largest absolute Gasteiger partial charge is 0.388 e. The van der Waals surface area contributed by atoms with Crippen LogP contribution in [0.4, 0.5) is 0 Å². The van der Waals surface area contributed by atoms with Crippen molar-refractivity contribution in [1.82, 2.24) is 0 Å². The highest BCUT2D eigenvalue weighted by molar-refractivity contribution is 5.16. The summed E-state index contributed by atoms with van der Waals surface area (Å²) in [5, 5.41) is 10.1. The van der Waals surface area contributed by atoms with E-state index in [-0.39, 0.29) is 6.10 Å². The monoisotopic (exact) mass is 374 g/mol. The fourth-order valence-electron chi connectivity index (χ4n) is 3.90. The molecule has 1 rings (SSSR count). The third-order valence-corrected chi connectivity index (χ3v) is 5.77. The van der Waals surface area contributed by atoms with Crippen molar-refractivity contribution < 1.29 is 5.11 Å². The molecule has 0 aliphatic carbocycles. The molecule has 0 aliphatic rings. The van der Waals surface area contributed by atoms with Crippen LogP contribution in [0.3, 0.4) is 0 Å². The van der Waals surface area contributed by atoms with Crippen molar-refractivity contribution in [3.63, 3.8) is 0 Å². The summed E-state index contributed by atoms with van der Waals surface area (Å²) < 4.78 is 0. The van der Waals surface area contributed by atoms with E-state index in [1.54, 1.807) is 0 Å². The summed E-state index contributed by atoms with van der Waals surface area (Å²) in [5.74, 6) is 0. The van der Waals surface area contributed by atoms with Gasteiger partial charge in [-0.25, -0.2) is 0 Å². The van der Waals surface area contributed by atoms with Crippen molar-refractivity contribution in [2.45, 2.75) is 129 Å². The molecule has 27 heavy (non-hydrogen) atoms. The van der Waals surface area contributed by atoms with Crippen LogP contribution in [0.15, 0.2) is 30.3 Å². The smallest absolute Gasteiger partial charge is 0.0790 e. The minimum absolute atomic E-state index is 0.275. The Bertz CT molecular complexity index is 400. The highest BCUT2D eigenvalue weighted by Gasteiger charge is 2.05. The maximum absolute atomic E-state index is 10.1. The summed E-state index contributed by atoms with van der Waals surface area (Å²) in [6, 6.07) is 10.1. The minimum atomic E-state index is -0.275. The molecule has 1 aromatic rings. The quantitative estimate of drug-likeness (QED) is 0.240. The van der Waals surface area contributed by atoms with E-state index in [1.807, 2.05) is 30.3 Å². The molecule has 1 nitrogen and oxygen atoms in total. The van der Waals surface area contributed by atoms with E-state index in [1.165, 1.54) is 103 Å². The van der Waals surface area contributed by atoms with Gasteiger partial charge >= 0.3 is 0 Å². The summed E-state index contributed by atoms with van der Waals surface area (Å²) in [6.45, 7) is 2.29. The number of benzene rings is 1. The molecule has 0 amide bonds. The Morgan fingerprint density at radius 1 is 0.556 bits per heavy atom. The Morgan fingerprint density at radius 2 is 0.926 bits per heavy atom. The number of aliphatic hydroxyl groups is 1. The molecule has 1 N–H and O–H groups in total. The van der Waals surface area contributed by atoms with E-state index < -0.39 is 0 Å². The van der Waals surface area contributed by atoms with Crippen LogP contribution in [0, 0.1) is 0 Å². The topological polar surface area (TPSA) is 20.2 Å². The summed E-state index contributed by atoms with van der Waals surface area (Å²) in [5.41, 5.74) is 1.06. The molecule has 1 atom stereocenters. The third kappa shape index (κ3) is 14.9. The second-order valence-electron chi connectivity index (χ2n) is 8.37. The zero-order valence-corrected chi connectivity index (χ0v) is 18.1. The van der Waals surface area contributed by atoms with E-state index in [4.69, 9.17) is 0 Å². The first-order valence-electron chi connectivity index (χ1n) is 12.1. The van der Waals surface area contributed by atoms with Gasteiger partial charge in [0.25, 0.3) is 0 Å². The predicted octanol–water partition coefficient (Wildman–Crippen LogP) is 8.76. The van der Waals surface area contributed by atoms with Crippen molar-refractivity contribution in [3.05, 3.63) is 35.9 Å². The Balaban J connectivity index is 1.74. The van der Waals surface area contributed by atoms with Gasteiger partial charge in [0.05, 0.1) is 6.10 Å². The average molecular weight is 375 g/mol. The second-order valence-corrected chi connectivity index (χ2v) is 8.37. The van der Waals surface area contributed by atoms with E-state index in [2.05, 4.69) is 6.92 Å². The first-order valence-corrected chi connectivity index (χ1v) is 12.1. The van der Waals surface area contributed by atoms with Crippen LogP contribution >= 0.6 is 0 Å². The van der Waals surface area contributed by atoms with E-state index in [0.29, 0.717) is 0 Å². The molecule has 1 aromatic carbocycles. The molecule has 156 valence electrons. The maximum atomic E-state index is 10.1. The van der Waals surface area contributed by atoms with Gasteiger partial charge in [-0.3, -0.25) is 0 Å². The molecule has 0 radical (unpaired) electrons. The van der Waals surface area contributed by atoms with Crippen LogP contribution in [0.2, 0.25) is 0 Å². The predicted molar refractivity (Wildman–Crippen MR) is 120 cm³/mol. The lowest BCUT2D eigenvalue weighted by Crippen LogP contribution is -1.96. The van der Waals surface area contributed by atoms with Crippen LogP contribution in [-0.2, 0) is 0 Å². The number of unbranched alkanes of at least 4 members (excludes halogenated alkanes) is 16. The summed E-state index contributed by atoms with van der Waals surface area (Å²) in [6.07, 6.45) is 24.4. The van der Waals surface area contributed by atoms with Gasteiger partial charge in [0.2, 0.25) is 0 Å². The molecule has 0 aliphatic heterocycles. The lowest BCUT2D eigenvalue weighted by Gasteiger charge is -2.10. The van der Waals surface area contributed by atoms with Gasteiger partial charge in [-0.1, -0.05) is 146 Å². The fourth-order valence-corrected chi connectivity index (χ4v) is 3.90. The first kappa shape index (κ1) is 24.2. The van der Waals surface area contributed by atoms with Crippen LogP contribution in [-0.4, -0.2) is 5.11 Å². The minimum Gasteiger partial charge on any atom is -0.388 e. The van der Waals surface area contributed by atoms with Crippen molar-refractivity contribution in [2.75, 3.05) is 0 Å². The van der Waals surface area contributed by atoms with Crippen molar-refractivity contribution in [1.29, 1.82) is 0 Å². The molecule has 0 spiro atoms. The van der Waals surface area contributed by atoms with Gasteiger partial charge in [0, 0.05) is 0 Å². The summed E-state index contributed by atoms with van der Waals surface area (Å²) >= 11 is 0. The molecule has 0 bridgehead atoms. The van der Waals surface area contributed by atoms with Crippen LogP contribution < -0.4 is 0 Å². The summed E-state index contributed by atoms with van der Waals surface area (Å²) in [7, 11) is 0. The number of hydrogen-bond acceptors (Lipinski definition) is 1. The summed E-state index contributed by atoms with van der Waals surface area (Å²) in [4.78, 5) is 0. The Labute approximate surface area is 170 Å². The Hall–Kier alpha value is -0.820. The lowest BCUT2D eigenvalue weighted by atomic mass is 10.0. The number of hydrogen-bond donors (Lipinski definition) is 1. The highest BCUT2D eigenvalue weighted by Crippen LogP contribution is 2.20. The van der Waals surface area contributed by atoms with Crippen LogP contribution in [0.25, 0.3) is 0 Å². The molecule has 0 heterocycles. The highest BCUT2D eigenvalue weighted by atomic mass is 16.3. The zero-order valence-electron chi connectivity index (χ0n) is 18.1. The lowest BCUT2D eigenvalue weighted by molar-refractivity contribution is 0.163. The molecule has 0 unspecified atom stereocenters. The van der Waals surface area contributed by atoms with Gasteiger partial charge in [-0.05, 0) is 12.0 Å². The second kappa shape index (κ2) is 18.5. The number of rotatable bonds is 19. The molecule has 1 heteroatoms. The molecule has 0 saturated carbocycles. The molecule has 0 saturated heterocycles. The van der Waals surface area contributed by atoms with Crippen molar-refractivity contribution in [3.8, 4) is 0 Å². The fraction of sp³-hybridized carbons (Fsp3) is 0.769. The van der Waals surface area contributed by atoms with E-state index in [0.717, 1.165) is 18.4 Å². The SMILES string of the molecule is CCCCCCCCCCCCCCCCCCC[C@H](O)c1ccccc1. The standard InChI is InChI=1S/C26H46O/c1-2-3-4-5-6-7-8-9-10-11-12-13-14-15-16-17-21-24-26(27)25-22-19-18-20-23-25/h18-20,22-23,26-27H,2-17,21,24H2,1H3/t26-/m0/s1. The van der Waals surface area contributed by atoms with Gasteiger partial charge in [-0.2, -0.15) is 0 Å². The van der Waals surface area contributed by atoms with E-state index >= 15 is 0 Å². The Kier molecular flexibility index (Phi) is 16.6. The maximum Gasteiger partial charge on any atom is 0.0790 e. The zero-order chi connectivity index (χ0) is 19.4. The van der Waals surface area contributed by atoms with Crippen molar-refractivity contribution in [2.24, 2.45) is 0 Å². The van der Waals surface area contributed by atoms with Crippen LogP contribution in [0.5, 0.6) is 0 Å². The van der Waals surface area contributed by atoms with Gasteiger partial charge in [-0.15, -0.1) is 0 Å². The molecule has 0 aromatic heterocycles. The molecular formula is C26H46O. The average Bonchev–Trinajstić information content (AvgIpc) is 2.70. The van der Waals surface area contributed by atoms with Gasteiger partial charge in [0.1, 0.15) is 0 Å². The van der Waals surface area contributed by atoms with E-state index in [9.17, 15) is 5.11 Å². The van der Waals surface area contributed by atoms with Gasteiger partial charge < -0.3 is 5.11 Å². The first-order chi connectivity index (χ1) is 13.3. The van der Waals surface area contributed by atoms with Gasteiger partial charge in [0.15, 0.2) is 0 Å². The number of aliphatic hydroxyl groups excluding tert-OH is 1. The Morgan fingerprint density at radius 3 is 1.33 bits per heavy atom. The third-order valence-electron chi connectivity index (χ3n) is 5.77. The van der Waals surface area contributed by atoms with Crippen molar-refractivity contribution >= 4 is 0 Å².